The van der Waals surface area contributed by atoms with E-state index in [1.165, 1.54) is 6.26 Å². The molecule has 1 atom stereocenters. The van der Waals surface area contributed by atoms with Gasteiger partial charge in [0.25, 0.3) is 0 Å². The molecule has 1 aromatic rings. The number of allylic oxidation sites excluding steroid dienone is 4. The summed E-state index contributed by atoms with van der Waals surface area (Å²) in [5, 5.41) is 19.4. The molecule has 0 radical (unpaired) electrons. The number of hydrogen-bond donors (Lipinski definition) is 2. The van der Waals surface area contributed by atoms with Gasteiger partial charge in [0.2, 0.25) is 0 Å². The number of aliphatic hydroxyl groups excluding tert-OH is 1. The minimum Gasteiger partial charge on any atom is -0.508 e. The van der Waals surface area contributed by atoms with Crippen molar-refractivity contribution in [3.8, 4) is 5.75 Å². The van der Waals surface area contributed by atoms with Crippen LogP contribution >= 0.6 is 0 Å². The van der Waals surface area contributed by atoms with Gasteiger partial charge >= 0.3 is 0 Å². The topological polar surface area (TPSA) is 49.7 Å². The zero-order chi connectivity index (χ0) is 13.7. The average molecular weight is 256 g/mol. The van der Waals surface area contributed by atoms with Crippen molar-refractivity contribution >= 4 is 5.57 Å². The van der Waals surface area contributed by atoms with Crippen LogP contribution in [-0.2, 0) is 4.74 Å². The number of hydrogen-bond acceptors (Lipinski definition) is 3. The lowest BCUT2D eigenvalue weighted by Gasteiger charge is -2.12. The van der Waals surface area contributed by atoms with Crippen molar-refractivity contribution in [2.75, 3.05) is 0 Å². The molecule has 0 fully saturated rings. The summed E-state index contributed by atoms with van der Waals surface area (Å²) in [7, 11) is 0. The Labute approximate surface area is 112 Å². The van der Waals surface area contributed by atoms with Crippen LogP contribution in [0.5, 0.6) is 5.75 Å². The fourth-order valence-corrected chi connectivity index (χ4v) is 1.69. The summed E-state index contributed by atoms with van der Waals surface area (Å²) in [5.41, 5.74) is 2.46. The van der Waals surface area contributed by atoms with Gasteiger partial charge in [0.1, 0.15) is 11.9 Å². The van der Waals surface area contributed by atoms with Crippen LogP contribution in [0.25, 0.3) is 5.57 Å². The van der Waals surface area contributed by atoms with Gasteiger partial charge in [-0.15, -0.1) is 0 Å². The molecule has 1 aliphatic rings. The highest BCUT2D eigenvalue weighted by molar-refractivity contribution is 5.70. The van der Waals surface area contributed by atoms with Crippen molar-refractivity contribution in [1.29, 1.82) is 0 Å². The number of aliphatic hydroxyl groups is 1. The Hall–Kier alpha value is -2.26. The Morgan fingerprint density at radius 1 is 1.16 bits per heavy atom. The molecule has 0 saturated carbocycles. The molecule has 0 spiro atoms. The molecular weight excluding hydrogens is 240 g/mol. The number of benzene rings is 1. The highest BCUT2D eigenvalue weighted by Gasteiger charge is 2.11. The zero-order valence-corrected chi connectivity index (χ0v) is 10.7. The van der Waals surface area contributed by atoms with Crippen molar-refractivity contribution in [1.82, 2.24) is 0 Å². The van der Waals surface area contributed by atoms with Crippen LogP contribution < -0.4 is 0 Å². The second-order valence-electron chi connectivity index (χ2n) is 4.30. The first-order chi connectivity index (χ1) is 9.16. The van der Waals surface area contributed by atoms with Crippen molar-refractivity contribution in [3.63, 3.8) is 0 Å². The lowest BCUT2D eigenvalue weighted by Crippen LogP contribution is -2.06. The molecule has 0 bridgehead atoms. The van der Waals surface area contributed by atoms with E-state index in [-0.39, 0.29) is 5.75 Å². The lowest BCUT2D eigenvalue weighted by molar-refractivity contribution is 0.275. The molecule has 1 aliphatic heterocycles. The van der Waals surface area contributed by atoms with Gasteiger partial charge in [-0.3, -0.25) is 0 Å². The van der Waals surface area contributed by atoms with Crippen LogP contribution in [0.2, 0.25) is 0 Å². The molecule has 2 N–H and O–H groups in total. The van der Waals surface area contributed by atoms with Gasteiger partial charge in [0, 0.05) is 5.57 Å². The van der Waals surface area contributed by atoms with Crippen LogP contribution in [0.3, 0.4) is 0 Å². The molecule has 98 valence electrons. The maximum atomic E-state index is 10.1. The Bertz CT molecular complexity index is 548. The first kappa shape index (κ1) is 13.2. The predicted octanol–water partition coefficient (Wildman–Crippen LogP) is 3.14. The number of rotatable bonds is 1. The third-order valence-electron chi connectivity index (χ3n) is 2.78. The standard InChI is InChI=1S/C16H16O3/c1-12-3-2-4-16(18)15(11-19-10-9-12)13-5-7-14(17)8-6-13/h2-11,16-18H,1H3/b4-2+,10-9+,12-3-,15-11-/t16-/m0/s1. The average Bonchev–Trinajstić information content (AvgIpc) is 2.40. The van der Waals surface area contributed by atoms with Crippen molar-refractivity contribution in [2.45, 2.75) is 13.0 Å². The molecule has 0 saturated heterocycles. The monoisotopic (exact) mass is 256 g/mol. The molecule has 1 aromatic carbocycles. The SMILES string of the molecule is CC1=C/C=C/[C@H](O)/C(c2ccc(O)cc2)=C\O\C=C\1. The molecule has 3 nitrogen and oxygen atoms in total. The van der Waals surface area contributed by atoms with Gasteiger partial charge in [-0.25, -0.2) is 0 Å². The Morgan fingerprint density at radius 3 is 2.63 bits per heavy atom. The van der Waals surface area contributed by atoms with E-state index in [1.54, 1.807) is 36.6 Å². The number of aromatic hydroxyl groups is 1. The maximum Gasteiger partial charge on any atom is 0.115 e. The van der Waals surface area contributed by atoms with E-state index in [0.717, 1.165) is 11.1 Å². The van der Waals surface area contributed by atoms with E-state index < -0.39 is 6.10 Å². The molecule has 0 aromatic heterocycles. The molecule has 0 aliphatic carbocycles. The maximum absolute atomic E-state index is 10.1. The molecule has 3 heteroatoms. The van der Waals surface area contributed by atoms with Crippen LogP contribution in [0.4, 0.5) is 0 Å². The van der Waals surface area contributed by atoms with Gasteiger partial charge in [-0.2, -0.15) is 0 Å². The lowest BCUT2D eigenvalue weighted by atomic mass is 10.0. The first-order valence-electron chi connectivity index (χ1n) is 6.01. The van der Waals surface area contributed by atoms with Crippen LogP contribution in [0.15, 0.2) is 66.7 Å². The van der Waals surface area contributed by atoms with Gasteiger partial charge in [0.15, 0.2) is 0 Å². The number of ether oxygens (including phenoxy) is 1. The molecular formula is C16H16O3. The Balaban J connectivity index is 2.32. The summed E-state index contributed by atoms with van der Waals surface area (Å²) in [5.74, 6) is 0.189. The number of phenolic OH excluding ortho intramolecular Hbond substituents is 1. The van der Waals surface area contributed by atoms with Crippen molar-refractivity contribution in [3.05, 3.63) is 72.2 Å². The van der Waals surface area contributed by atoms with Crippen LogP contribution in [0, 0.1) is 0 Å². The van der Waals surface area contributed by atoms with Crippen molar-refractivity contribution in [2.24, 2.45) is 0 Å². The van der Waals surface area contributed by atoms with Crippen LogP contribution in [0.1, 0.15) is 12.5 Å². The first-order valence-corrected chi connectivity index (χ1v) is 6.01. The largest absolute Gasteiger partial charge is 0.508 e. The van der Waals surface area contributed by atoms with E-state index in [1.807, 2.05) is 25.2 Å². The zero-order valence-electron chi connectivity index (χ0n) is 10.7. The molecule has 0 unspecified atom stereocenters. The van der Waals surface area contributed by atoms with Gasteiger partial charge in [-0.1, -0.05) is 30.4 Å². The second kappa shape index (κ2) is 6.07. The Kier molecular flexibility index (Phi) is 4.21. The van der Waals surface area contributed by atoms with E-state index in [0.29, 0.717) is 5.57 Å². The van der Waals surface area contributed by atoms with Crippen LogP contribution in [-0.4, -0.2) is 16.3 Å². The van der Waals surface area contributed by atoms with E-state index in [4.69, 9.17) is 4.74 Å². The Morgan fingerprint density at radius 2 is 1.89 bits per heavy atom. The minimum atomic E-state index is -0.764. The fourth-order valence-electron chi connectivity index (χ4n) is 1.69. The molecule has 2 rings (SSSR count). The summed E-state index contributed by atoms with van der Waals surface area (Å²) >= 11 is 0. The van der Waals surface area contributed by atoms with E-state index in [2.05, 4.69) is 0 Å². The summed E-state index contributed by atoms with van der Waals surface area (Å²) in [6.45, 7) is 1.95. The highest BCUT2D eigenvalue weighted by atomic mass is 16.5. The molecule has 1 heterocycles. The normalized spacial score (nSPS) is 28.2. The summed E-state index contributed by atoms with van der Waals surface area (Å²) < 4.78 is 5.31. The van der Waals surface area contributed by atoms with Gasteiger partial charge < -0.3 is 14.9 Å². The van der Waals surface area contributed by atoms with E-state index >= 15 is 0 Å². The summed E-state index contributed by atoms with van der Waals surface area (Å²) in [6.07, 6.45) is 9.54. The third-order valence-corrected chi connectivity index (χ3v) is 2.78. The van der Waals surface area contributed by atoms with E-state index in [9.17, 15) is 10.2 Å². The van der Waals surface area contributed by atoms with Crippen molar-refractivity contribution < 1.29 is 14.9 Å². The fraction of sp³-hybridized carbons (Fsp3) is 0.125. The quantitative estimate of drug-likeness (QED) is 0.811. The van der Waals surface area contributed by atoms with Gasteiger partial charge in [-0.05, 0) is 36.3 Å². The molecule has 0 amide bonds. The van der Waals surface area contributed by atoms with Gasteiger partial charge in [0.05, 0.1) is 12.5 Å². The second-order valence-corrected chi connectivity index (χ2v) is 4.30. The summed E-state index contributed by atoms with van der Waals surface area (Å²) in [4.78, 5) is 0. The predicted molar refractivity (Wildman–Crippen MR) is 75.2 cm³/mol. The number of phenols is 1. The minimum absolute atomic E-state index is 0.189. The highest BCUT2D eigenvalue weighted by Crippen LogP contribution is 2.22. The molecule has 19 heavy (non-hydrogen) atoms. The summed E-state index contributed by atoms with van der Waals surface area (Å²) in [6, 6.07) is 6.62. The smallest absolute Gasteiger partial charge is 0.115 e. The third kappa shape index (κ3) is 3.60.